The van der Waals surface area contributed by atoms with Crippen LogP contribution in [0.3, 0.4) is 0 Å². The number of carbonyl (C=O) groups is 2. The minimum Gasteiger partial charge on any atom is -0.462 e. The number of aliphatic hydroxyl groups is 1. The van der Waals surface area contributed by atoms with Crippen molar-refractivity contribution in [2.75, 3.05) is 13.2 Å². The van der Waals surface area contributed by atoms with Crippen LogP contribution in [0.5, 0.6) is 0 Å². The third kappa shape index (κ3) is 54.7. The molecule has 0 aromatic carbocycles. The molecule has 0 aliphatic carbocycles. The van der Waals surface area contributed by atoms with Crippen molar-refractivity contribution >= 4 is 11.9 Å². The highest BCUT2D eigenvalue weighted by Crippen LogP contribution is 2.17. The van der Waals surface area contributed by atoms with Gasteiger partial charge < -0.3 is 14.6 Å². The lowest BCUT2D eigenvalue weighted by atomic mass is 10.0. The van der Waals surface area contributed by atoms with Gasteiger partial charge in [0, 0.05) is 12.8 Å². The summed E-state index contributed by atoms with van der Waals surface area (Å²) in [6, 6.07) is 0. The molecule has 5 heteroatoms. The average Bonchev–Trinajstić information content (AvgIpc) is 3.32. The third-order valence-electron chi connectivity index (χ3n) is 13.4. The first-order chi connectivity index (χ1) is 32.6. The van der Waals surface area contributed by atoms with E-state index in [1.54, 1.807) is 0 Å². The molecule has 1 N–H and O–H groups in total. The Bertz CT molecular complexity index is 1050. The van der Waals surface area contributed by atoms with Gasteiger partial charge >= 0.3 is 11.9 Å². The molecule has 388 valence electrons. The topological polar surface area (TPSA) is 72.8 Å². The minimum absolute atomic E-state index is 0.0633. The fourth-order valence-corrected chi connectivity index (χ4v) is 8.94. The monoisotopic (exact) mass is 927 g/mol. The Hall–Kier alpha value is -1.88. The van der Waals surface area contributed by atoms with E-state index in [1.165, 1.54) is 250 Å². The predicted molar refractivity (Wildman–Crippen MR) is 288 cm³/mol. The lowest BCUT2D eigenvalue weighted by molar-refractivity contribution is -0.161. The number of ether oxygens (including phenoxy) is 2. The molecule has 0 spiro atoms. The number of hydrogen-bond donors (Lipinski definition) is 1. The van der Waals surface area contributed by atoms with Crippen LogP contribution in [0.15, 0.2) is 36.5 Å². The Kier molecular flexibility index (Phi) is 55.8. The van der Waals surface area contributed by atoms with Gasteiger partial charge in [-0.15, -0.1) is 0 Å². The quantitative estimate of drug-likeness (QED) is 0.0374. The summed E-state index contributed by atoms with van der Waals surface area (Å²) in [5.74, 6) is -0.579. The zero-order chi connectivity index (χ0) is 47.7. The second-order valence-electron chi connectivity index (χ2n) is 20.1. The number of carbonyl (C=O) groups excluding carboxylic acids is 2. The fraction of sp³-hybridized carbons (Fsp3) is 0.869. The van der Waals surface area contributed by atoms with Crippen LogP contribution in [-0.4, -0.2) is 36.4 Å². The molecule has 0 rings (SSSR count). The molecule has 0 bridgehead atoms. The molecule has 0 saturated carbocycles. The molecule has 0 aromatic rings. The smallest absolute Gasteiger partial charge is 0.306 e. The SMILES string of the molecule is CCCCC/C=C\C/C=C\CCCCCCCCCCCC(=O)OC(CO)COC(=O)CCCCCCCCCCCCCCCCCCCCCCC/C=C\CCCCCCCCCC. The molecule has 1 unspecified atom stereocenters. The van der Waals surface area contributed by atoms with Crippen molar-refractivity contribution in [2.45, 2.75) is 328 Å². The van der Waals surface area contributed by atoms with E-state index in [0.29, 0.717) is 12.8 Å². The van der Waals surface area contributed by atoms with Gasteiger partial charge in [-0.05, 0) is 70.6 Å². The standard InChI is InChI=1S/C61H114O5/c1-3-5-7-9-11-13-15-17-19-21-23-24-25-26-27-28-29-30-31-32-33-34-35-36-38-39-41-43-45-47-49-51-53-55-60(63)65-58-59(57-62)66-61(64)56-54-52-50-48-46-44-42-40-37-22-20-18-16-14-12-10-8-6-4-2/h12,14,18,20-21,23,59,62H,3-11,13,15-17,19,22,24-58H2,1-2H3/b14-12-,20-18-,23-21-. The zero-order valence-electron chi connectivity index (χ0n) is 44.5. The summed E-state index contributed by atoms with van der Waals surface area (Å²) in [6.07, 6.45) is 74.2. The molecule has 1 atom stereocenters. The van der Waals surface area contributed by atoms with Gasteiger partial charge in [-0.1, -0.05) is 275 Å². The normalized spacial score (nSPS) is 12.3. The Morgan fingerprint density at radius 1 is 0.348 bits per heavy atom. The van der Waals surface area contributed by atoms with Gasteiger partial charge in [0.2, 0.25) is 0 Å². The lowest BCUT2D eigenvalue weighted by Gasteiger charge is -2.15. The molecule has 0 fully saturated rings. The molecule has 5 nitrogen and oxygen atoms in total. The van der Waals surface area contributed by atoms with Crippen molar-refractivity contribution in [3.8, 4) is 0 Å². The maximum absolute atomic E-state index is 12.3. The van der Waals surface area contributed by atoms with Crippen LogP contribution < -0.4 is 0 Å². The molecular formula is C61H114O5. The number of esters is 2. The highest BCUT2D eigenvalue weighted by molar-refractivity contribution is 5.70. The van der Waals surface area contributed by atoms with E-state index >= 15 is 0 Å². The van der Waals surface area contributed by atoms with Crippen molar-refractivity contribution < 1.29 is 24.2 Å². The summed E-state index contributed by atoms with van der Waals surface area (Å²) in [7, 11) is 0. The average molecular weight is 928 g/mol. The first-order valence-electron chi connectivity index (χ1n) is 29.5. The van der Waals surface area contributed by atoms with Crippen LogP contribution in [-0.2, 0) is 19.1 Å². The number of unbranched alkanes of at least 4 members (excludes halogenated alkanes) is 41. The molecule has 0 amide bonds. The van der Waals surface area contributed by atoms with E-state index < -0.39 is 6.10 Å². The van der Waals surface area contributed by atoms with E-state index in [0.717, 1.165) is 44.9 Å². The van der Waals surface area contributed by atoms with Crippen molar-refractivity contribution in [3.63, 3.8) is 0 Å². The van der Waals surface area contributed by atoms with Gasteiger partial charge in [-0.2, -0.15) is 0 Å². The first-order valence-corrected chi connectivity index (χ1v) is 29.5. The number of aliphatic hydroxyl groups excluding tert-OH is 1. The van der Waals surface area contributed by atoms with Crippen molar-refractivity contribution in [1.82, 2.24) is 0 Å². The summed E-state index contributed by atoms with van der Waals surface area (Å²) < 4.78 is 10.7. The van der Waals surface area contributed by atoms with Crippen molar-refractivity contribution in [2.24, 2.45) is 0 Å². The number of hydrogen-bond acceptors (Lipinski definition) is 5. The van der Waals surface area contributed by atoms with E-state index in [2.05, 4.69) is 50.3 Å². The Morgan fingerprint density at radius 3 is 0.939 bits per heavy atom. The maximum Gasteiger partial charge on any atom is 0.306 e. The van der Waals surface area contributed by atoms with Crippen LogP contribution in [0.25, 0.3) is 0 Å². The van der Waals surface area contributed by atoms with Gasteiger partial charge in [-0.3, -0.25) is 9.59 Å². The summed E-state index contributed by atoms with van der Waals surface area (Å²) in [5, 5.41) is 9.65. The second-order valence-corrected chi connectivity index (χ2v) is 20.1. The van der Waals surface area contributed by atoms with Crippen LogP contribution in [0.2, 0.25) is 0 Å². The third-order valence-corrected chi connectivity index (χ3v) is 13.4. The molecular weight excluding hydrogens is 813 g/mol. The fourth-order valence-electron chi connectivity index (χ4n) is 8.94. The largest absolute Gasteiger partial charge is 0.462 e. The first kappa shape index (κ1) is 64.1. The Morgan fingerprint density at radius 2 is 0.606 bits per heavy atom. The Labute approximate surface area is 412 Å². The van der Waals surface area contributed by atoms with Gasteiger partial charge in [0.25, 0.3) is 0 Å². The van der Waals surface area contributed by atoms with Crippen LogP contribution in [0.4, 0.5) is 0 Å². The molecule has 0 radical (unpaired) electrons. The summed E-state index contributed by atoms with van der Waals surface area (Å²) >= 11 is 0. The summed E-state index contributed by atoms with van der Waals surface area (Å²) in [6.45, 7) is 4.15. The molecule has 0 aliphatic rings. The van der Waals surface area contributed by atoms with Crippen LogP contribution in [0.1, 0.15) is 322 Å². The highest BCUT2D eigenvalue weighted by atomic mass is 16.6. The van der Waals surface area contributed by atoms with Gasteiger partial charge in [0.15, 0.2) is 6.10 Å². The molecule has 0 aromatic heterocycles. The maximum atomic E-state index is 12.3. The molecule has 0 heterocycles. The van der Waals surface area contributed by atoms with Crippen LogP contribution in [0, 0.1) is 0 Å². The van der Waals surface area contributed by atoms with Crippen LogP contribution >= 0.6 is 0 Å². The van der Waals surface area contributed by atoms with Gasteiger partial charge in [0.1, 0.15) is 6.61 Å². The van der Waals surface area contributed by atoms with Gasteiger partial charge in [0.05, 0.1) is 6.61 Å². The minimum atomic E-state index is -0.772. The zero-order valence-corrected chi connectivity index (χ0v) is 44.5. The van der Waals surface area contributed by atoms with E-state index in [4.69, 9.17) is 9.47 Å². The molecule has 0 saturated heterocycles. The molecule has 0 aliphatic heterocycles. The van der Waals surface area contributed by atoms with Crippen molar-refractivity contribution in [1.29, 1.82) is 0 Å². The summed E-state index contributed by atoms with van der Waals surface area (Å²) in [4.78, 5) is 24.5. The van der Waals surface area contributed by atoms with Crippen molar-refractivity contribution in [3.05, 3.63) is 36.5 Å². The van der Waals surface area contributed by atoms with E-state index in [-0.39, 0.29) is 25.2 Å². The summed E-state index contributed by atoms with van der Waals surface area (Å²) in [5.41, 5.74) is 0. The highest BCUT2D eigenvalue weighted by Gasteiger charge is 2.16. The second kappa shape index (κ2) is 57.4. The van der Waals surface area contributed by atoms with E-state index in [1.807, 2.05) is 0 Å². The lowest BCUT2D eigenvalue weighted by Crippen LogP contribution is -2.28. The Balaban J connectivity index is 3.40. The molecule has 66 heavy (non-hydrogen) atoms. The number of allylic oxidation sites excluding steroid dienone is 6. The van der Waals surface area contributed by atoms with Gasteiger partial charge in [-0.25, -0.2) is 0 Å². The number of rotatable bonds is 55. The van der Waals surface area contributed by atoms with E-state index in [9.17, 15) is 14.7 Å². The predicted octanol–water partition coefficient (Wildman–Crippen LogP) is 19.9.